The van der Waals surface area contributed by atoms with Gasteiger partial charge in [-0.15, -0.1) is 0 Å². The van der Waals surface area contributed by atoms with Crippen molar-refractivity contribution in [2.75, 3.05) is 0 Å². The van der Waals surface area contributed by atoms with Crippen LogP contribution < -0.4 is 0 Å². The van der Waals surface area contributed by atoms with Gasteiger partial charge in [-0.25, -0.2) is 0 Å². The molecule has 0 saturated carbocycles. The fourth-order valence-corrected chi connectivity index (χ4v) is 0. The van der Waals surface area contributed by atoms with E-state index in [4.69, 9.17) is 30.1 Å². The second kappa shape index (κ2) is 66.1. The number of nitrogens with one attached hydrogen (secondary N) is 2. The quantitative estimate of drug-likeness (QED) is 0.395. The van der Waals surface area contributed by atoms with Crippen molar-refractivity contribution in [3.63, 3.8) is 0 Å². The molecule has 12 heteroatoms. The van der Waals surface area contributed by atoms with E-state index in [0.717, 1.165) is 0 Å². The Morgan fingerprint density at radius 3 is 0.900 bits per heavy atom. The van der Waals surface area contributed by atoms with E-state index >= 15 is 0 Å². The van der Waals surface area contributed by atoms with Gasteiger partial charge in [-0.3, -0.25) is 0 Å². The monoisotopic (exact) mass is 532 g/mol. The van der Waals surface area contributed by atoms with E-state index in [-0.39, 0.29) is 123 Å². The molecule has 2 N–H and O–H groups in total. The fraction of sp³-hybridized carbons (Fsp3) is 0.500. The predicted octanol–water partition coefficient (Wildman–Crippen LogP) is 4.21. The third-order valence-electron chi connectivity index (χ3n) is 0.642. The number of halogens is 2. The fourth-order valence-electron chi connectivity index (χ4n) is 0. The number of carbonyl (C=O) groups is 2. The van der Waals surface area contributed by atoms with Crippen LogP contribution in [-0.2, 0) is 135 Å². The van der Waals surface area contributed by atoms with Crippen molar-refractivity contribution in [1.82, 2.24) is 0 Å². The standard InChI is InChI=1S/2C3H7NO.2CH3.2ClH.6Ti/c2*1-2-3(4)5;;;;;;;;;;/h2*2H2,1H3,(H2,4,5);2*1H3;2*1H;;;;;;/q;;2*-1;;;;;;;2*+2/p-4. The van der Waals surface area contributed by atoms with Crippen LogP contribution in [0, 0.1) is 14.9 Å². The zero-order valence-corrected chi connectivity index (χ0v) is 22.9. The molecule has 0 atom stereocenters. The van der Waals surface area contributed by atoms with Gasteiger partial charge in [0.2, 0.25) is 0 Å². The van der Waals surface area contributed by atoms with Gasteiger partial charge >= 0.3 is 57.4 Å². The Balaban J connectivity index is -0.00000000814. The summed E-state index contributed by atoms with van der Waals surface area (Å²) in [6, 6.07) is 0. The van der Waals surface area contributed by atoms with E-state index in [0.29, 0.717) is 12.8 Å². The Hall–Kier alpha value is 3.81. The molecule has 0 aromatic heterocycles. The molecule has 112 valence electrons. The molecule has 0 radical (unpaired) electrons. The van der Waals surface area contributed by atoms with Crippen LogP contribution in [0.5, 0.6) is 0 Å². The molecule has 0 fully saturated rings. The van der Waals surface area contributed by atoms with Crippen LogP contribution in [0.15, 0.2) is 0 Å². The maximum Gasteiger partial charge on any atom is 2.00 e. The molecule has 0 bridgehead atoms. The number of rotatable bonds is 2. The van der Waals surface area contributed by atoms with Crippen LogP contribution >= 0.6 is 18.6 Å². The van der Waals surface area contributed by atoms with Crippen molar-refractivity contribution in [2.24, 2.45) is 0 Å². The number of amides is 2. The molecule has 0 unspecified atom stereocenters. The topological polar surface area (TPSA) is 81.7 Å². The van der Waals surface area contributed by atoms with Gasteiger partial charge in [0, 0.05) is 98.7 Å². The van der Waals surface area contributed by atoms with Crippen LogP contribution in [0.25, 0.3) is 11.5 Å². The molecule has 4 nitrogen and oxygen atoms in total. The van der Waals surface area contributed by atoms with Crippen molar-refractivity contribution in [1.29, 1.82) is 0 Å². The predicted molar refractivity (Wildman–Crippen MR) is 63.8 cm³/mol. The van der Waals surface area contributed by atoms with Gasteiger partial charge in [0.05, 0.1) is 0 Å². The van der Waals surface area contributed by atoms with Crippen molar-refractivity contribution in [3.05, 3.63) is 26.3 Å². The van der Waals surface area contributed by atoms with E-state index in [1.165, 1.54) is 0 Å². The Kier molecular flexibility index (Phi) is 215. The molecule has 0 aromatic carbocycles. The van der Waals surface area contributed by atoms with Crippen LogP contribution in [0.4, 0.5) is 0 Å². The van der Waals surface area contributed by atoms with Crippen molar-refractivity contribution in [3.8, 4) is 0 Å². The van der Waals surface area contributed by atoms with Gasteiger partial charge < -0.3 is 35.9 Å². The molecule has 2 amide bonds. The molecular formula is C8H18Cl2N2O2Ti6-2. The molecular weight excluding hydrogens is 514 g/mol. The number of carbonyl (C=O) groups excluding carboxylic acids is 2. The summed E-state index contributed by atoms with van der Waals surface area (Å²) in [7, 11) is 9.78. The average molecular weight is 532 g/mol. The maximum absolute atomic E-state index is 9.48. The second-order valence-corrected chi connectivity index (χ2v) is 4.20. The van der Waals surface area contributed by atoms with E-state index in [1.54, 1.807) is 13.8 Å². The molecule has 0 heterocycles. The van der Waals surface area contributed by atoms with Gasteiger partial charge in [0.15, 0.2) is 0 Å². The summed E-state index contributed by atoms with van der Waals surface area (Å²) >= 11 is -0.556. The number of hydrogen-bond acceptors (Lipinski definition) is 2. The Morgan fingerprint density at radius 2 is 0.900 bits per heavy atom. The zero-order chi connectivity index (χ0) is 11.3. The zero-order valence-electron chi connectivity index (χ0n) is 12.0. The van der Waals surface area contributed by atoms with Gasteiger partial charge in [-0.2, -0.15) is 0 Å². The first-order valence-corrected chi connectivity index (χ1v) is 7.70. The third-order valence-corrected chi connectivity index (χ3v) is 0.642. The summed E-state index contributed by atoms with van der Waals surface area (Å²) < 4.78 is 0. The minimum Gasteiger partial charge on any atom is 0 e. The first-order chi connectivity index (χ1) is 5.95. The average Bonchev–Trinajstić information content (AvgIpc) is 2.07. The summed E-state index contributed by atoms with van der Waals surface area (Å²) in [5.74, 6) is -0.991. The molecule has 0 aromatic rings. The Bertz CT molecular complexity index is 136. The summed E-state index contributed by atoms with van der Waals surface area (Å²) in [5, 5.41) is 0. The Morgan fingerprint density at radius 1 is 0.850 bits per heavy atom. The first-order valence-electron chi connectivity index (χ1n) is 3.41. The van der Waals surface area contributed by atoms with E-state index in [9.17, 15) is 9.59 Å². The molecule has 0 aliphatic heterocycles. The van der Waals surface area contributed by atoms with E-state index in [1.807, 2.05) is 0 Å². The summed E-state index contributed by atoms with van der Waals surface area (Å²) in [5.41, 5.74) is 12.4. The SMILES string of the molecule is CCC([NH-])=O.CCC([NH-])=O.[CH3-].[CH3-].[Cl][Ti][Cl].[Ti+2].[Ti].[Ti].[Ti].[Ti]. The van der Waals surface area contributed by atoms with Crippen LogP contribution in [-0.4, -0.2) is 11.8 Å². The summed E-state index contributed by atoms with van der Waals surface area (Å²) in [6.45, 7) is 3.32. The van der Waals surface area contributed by atoms with Gasteiger partial charge in [-0.05, 0) is 12.8 Å². The molecule has 0 spiro atoms. The summed E-state index contributed by atoms with van der Waals surface area (Å²) in [6.07, 6.45) is 0.667. The largest absolute Gasteiger partial charge is 2.00 e. The molecule has 0 saturated heterocycles. The molecule has 0 aliphatic carbocycles. The summed E-state index contributed by atoms with van der Waals surface area (Å²) in [4.78, 5) is 19.0. The minimum absolute atomic E-state index is 0. The van der Waals surface area contributed by atoms with Crippen LogP contribution in [0.2, 0.25) is 0 Å². The van der Waals surface area contributed by atoms with Crippen LogP contribution in [0.3, 0.4) is 0 Å². The molecule has 0 rings (SSSR count). The van der Waals surface area contributed by atoms with Gasteiger partial charge in [-0.1, -0.05) is 13.8 Å². The second-order valence-electron chi connectivity index (χ2n) is 1.62. The molecule has 20 heavy (non-hydrogen) atoms. The van der Waals surface area contributed by atoms with Crippen molar-refractivity contribution in [2.45, 2.75) is 26.7 Å². The maximum atomic E-state index is 9.48. The van der Waals surface area contributed by atoms with E-state index < -0.39 is 28.8 Å². The molecule has 0 aliphatic rings. The first kappa shape index (κ1) is 65.0. The Labute approximate surface area is 215 Å². The van der Waals surface area contributed by atoms with Crippen LogP contribution in [0.1, 0.15) is 26.7 Å². The normalized spacial score (nSPS) is 4.40. The van der Waals surface area contributed by atoms with E-state index in [2.05, 4.69) is 0 Å². The van der Waals surface area contributed by atoms with Gasteiger partial charge in [0.1, 0.15) is 0 Å². The number of hydrogen-bond donors (Lipinski definition) is 0. The van der Waals surface area contributed by atoms with Crippen molar-refractivity contribution < 1.29 is 135 Å². The minimum atomic E-state index is -0.556. The third kappa shape index (κ3) is 155. The van der Waals surface area contributed by atoms with Crippen molar-refractivity contribution >= 4 is 30.4 Å². The van der Waals surface area contributed by atoms with Gasteiger partial charge in [0.25, 0.3) is 0 Å². The smallest absolute Gasteiger partial charge is 0 e.